The summed E-state index contributed by atoms with van der Waals surface area (Å²) in [5.74, 6) is 0.0716. The summed E-state index contributed by atoms with van der Waals surface area (Å²) >= 11 is 0. The predicted octanol–water partition coefficient (Wildman–Crippen LogP) is 3.32. The molecule has 1 aliphatic heterocycles. The molecule has 1 atom stereocenters. The number of carbonyl (C=O) groups excluding carboxylic acids is 1. The molecular weight excluding hydrogens is 392 g/mol. The molecule has 2 aromatic rings. The Morgan fingerprint density at radius 1 is 1.28 bits per heavy atom. The molecule has 29 heavy (non-hydrogen) atoms. The van der Waals surface area contributed by atoms with Crippen LogP contribution in [0.15, 0.2) is 42.7 Å². The van der Waals surface area contributed by atoms with Crippen molar-refractivity contribution in [3.05, 3.63) is 59.4 Å². The molecule has 0 spiro atoms. The number of aromatic nitrogens is 1. The summed E-state index contributed by atoms with van der Waals surface area (Å²) < 4.78 is 38.6. The topological polar surface area (TPSA) is 85.8 Å². The lowest BCUT2D eigenvalue weighted by molar-refractivity contribution is 0.0487. The van der Waals surface area contributed by atoms with Crippen LogP contribution in [0.2, 0.25) is 0 Å². The number of rotatable bonds is 6. The highest BCUT2D eigenvalue weighted by Crippen LogP contribution is 2.44. The van der Waals surface area contributed by atoms with Crippen molar-refractivity contribution in [3.63, 3.8) is 0 Å². The van der Waals surface area contributed by atoms with E-state index in [0.29, 0.717) is 23.3 Å². The molecule has 7 nitrogen and oxygen atoms in total. The van der Waals surface area contributed by atoms with Gasteiger partial charge in [-0.05, 0) is 56.7 Å². The lowest BCUT2D eigenvalue weighted by Gasteiger charge is -2.42. The van der Waals surface area contributed by atoms with Crippen LogP contribution in [0.3, 0.4) is 0 Å². The number of pyridine rings is 1. The molecule has 0 N–H and O–H groups in total. The predicted molar refractivity (Wildman–Crippen MR) is 109 cm³/mol. The van der Waals surface area contributed by atoms with Crippen molar-refractivity contribution in [1.82, 2.24) is 9.29 Å². The fourth-order valence-corrected chi connectivity index (χ4v) is 4.81. The van der Waals surface area contributed by atoms with Gasteiger partial charge in [0.05, 0.1) is 24.5 Å². The Kier molecular flexibility index (Phi) is 5.95. The zero-order valence-corrected chi connectivity index (χ0v) is 17.9. The van der Waals surface area contributed by atoms with Gasteiger partial charge in [-0.2, -0.15) is 4.31 Å². The van der Waals surface area contributed by atoms with Crippen molar-refractivity contribution in [2.24, 2.45) is 0 Å². The summed E-state index contributed by atoms with van der Waals surface area (Å²) in [6.07, 6.45) is 3.74. The van der Waals surface area contributed by atoms with Crippen LogP contribution in [0.25, 0.3) is 0 Å². The quantitative estimate of drug-likeness (QED) is 0.669. The molecule has 1 aliphatic rings. The monoisotopic (exact) mass is 418 g/mol. The molecule has 0 amide bonds. The van der Waals surface area contributed by atoms with E-state index in [1.807, 2.05) is 13.8 Å². The van der Waals surface area contributed by atoms with E-state index in [0.717, 1.165) is 5.56 Å². The summed E-state index contributed by atoms with van der Waals surface area (Å²) in [6, 6.07) is 8.13. The first-order valence-electron chi connectivity index (χ1n) is 9.46. The SMILES string of the molecule is CCS(=O)(=O)N(Cc1ccncc1)C1CC(C)(C)Oc2ccc(C(=O)OC)cc21. The van der Waals surface area contributed by atoms with Crippen molar-refractivity contribution < 1.29 is 22.7 Å². The number of hydrogen-bond acceptors (Lipinski definition) is 6. The van der Waals surface area contributed by atoms with Crippen molar-refractivity contribution in [3.8, 4) is 5.75 Å². The lowest BCUT2D eigenvalue weighted by atomic mass is 9.88. The number of fused-ring (bicyclic) bond motifs is 1. The Bertz CT molecular complexity index is 989. The minimum atomic E-state index is -3.55. The third-order valence-corrected chi connectivity index (χ3v) is 6.85. The van der Waals surface area contributed by atoms with E-state index in [4.69, 9.17) is 9.47 Å². The van der Waals surface area contributed by atoms with Crippen LogP contribution in [0.5, 0.6) is 5.75 Å². The van der Waals surface area contributed by atoms with Crippen molar-refractivity contribution >= 4 is 16.0 Å². The van der Waals surface area contributed by atoms with Gasteiger partial charge in [-0.1, -0.05) is 0 Å². The largest absolute Gasteiger partial charge is 0.487 e. The fraction of sp³-hybridized carbons (Fsp3) is 0.429. The molecule has 3 rings (SSSR count). The fourth-order valence-electron chi connectivity index (χ4n) is 3.55. The number of methoxy groups -OCH3 is 1. The normalized spacial score (nSPS) is 18.0. The molecule has 1 unspecified atom stereocenters. The maximum atomic E-state index is 13.1. The number of nitrogens with zero attached hydrogens (tertiary/aromatic N) is 2. The Hall–Kier alpha value is -2.45. The Morgan fingerprint density at radius 3 is 2.59 bits per heavy atom. The van der Waals surface area contributed by atoms with Gasteiger partial charge in [0.25, 0.3) is 0 Å². The molecule has 0 aliphatic carbocycles. The summed E-state index contributed by atoms with van der Waals surface area (Å²) in [4.78, 5) is 16.1. The minimum Gasteiger partial charge on any atom is -0.487 e. The number of esters is 1. The van der Waals surface area contributed by atoms with Gasteiger partial charge in [0.1, 0.15) is 11.4 Å². The third kappa shape index (κ3) is 4.59. The van der Waals surface area contributed by atoms with Gasteiger partial charge in [0.15, 0.2) is 0 Å². The average molecular weight is 419 g/mol. The first kappa shape index (κ1) is 21.3. The minimum absolute atomic E-state index is 0.0259. The zero-order valence-electron chi connectivity index (χ0n) is 17.1. The molecule has 0 fully saturated rings. The Morgan fingerprint density at radius 2 is 1.97 bits per heavy atom. The maximum Gasteiger partial charge on any atom is 0.337 e. The molecule has 0 radical (unpaired) electrons. The first-order valence-corrected chi connectivity index (χ1v) is 11.1. The average Bonchev–Trinajstić information content (AvgIpc) is 2.70. The third-order valence-electron chi connectivity index (χ3n) is 5.02. The lowest BCUT2D eigenvalue weighted by Crippen LogP contribution is -2.44. The molecule has 0 bridgehead atoms. The summed E-state index contributed by atoms with van der Waals surface area (Å²) in [7, 11) is -2.23. The van der Waals surface area contributed by atoms with Crippen molar-refractivity contribution in [2.45, 2.75) is 45.4 Å². The van der Waals surface area contributed by atoms with Gasteiger partial charge >= 0.3 is 5.97 Å². The van der Waals surface area contributed by atoms with E-state index in [1.165, 1.54) is 11.4 Å². The van der Waals surface area contributed by atoms with E-state index >= 15 is 0 Å². The number of sulfonamides is 1. The van der Waals surface area contributed by atoms with Crippen molar-refractivity contribution in [2.75, 3.05) is 12.9 Å². The standard InChI is InChI=1S/C21H26N2O5S/c1-5-29(25,26)23(14-15-8-10-22-11-9-15)18-13-21(2,3)28-19-7-6-16(12-17(18)19)20(24)27-4/h6-12,18H,5,13-14H2,1-4H3. The van der Waals surface area contributed by atoms with Gasteiger partial charge in [0.2, 0.25) is 10.0 Å². The molecule has 1 aromatic carbocycles. The highest BCUT2D eigenvalue weighted by molar-refractivity contribution is 7.89. The number of hydrogen-bond donors (Lipinski definition) is 0. The van der Waals surface area contributed by atoms with Crippen LogP contribution in [0.4, 0.5) is 0 Å². The number of benzene rings is 1. The molecule has 2 heterocycles. The maximum absolute atomic E-state index is 13.1. The molecular formula is C21H26N2O5S. The highest BCUT2D eigenvalue weighted by atomic mass is 32.2. The second-order valence-electron chi connectivity index (χ2n) is 7.63. The van der Waals surface area contributed by atoms with Gasteiger partial charge in [-0.15, -0.1) is 0 Å². The van der Waals surface area contributed by atoms with Crippen LogP contribution < -0.4 is 4.74 Å². The molecule has 0 saturated heterocycles. The summed E-state index contributed by atoms with van der Waals surface area (Å²) in [5, 5.41) is 0. The van der Waals surface area contributed by atoms with Crippen LogP contribution in [-0.4, -0.2) is 42.1 Å². The molecule has 0 saturated carbocycles. The van der Waals surface area contributed by atoms with E-state index in [2.05, 4.69) is 4.98 Å². The van der Waals surface area contributed by atoms with E-state index < -0.39 is 27.6 Å². The Balaban J connectivity index is 2.13. The van der Waals surface area contributed by atoms with Crippen LogP contribution in [0.1, 0.15) is 54.7 Å². The zero-order chi connectivity index (χ0) is 21.2. The van der Waals surface area contributed by atoms with Gasteiger partial charge in [0, 0.05) is 30.9 Å². The van der Waals surface area contributed by atoms with Gasteiger partial charge in [-0.3, -0.25) is 4.98 Å². The second kappa shape index (κ2) is 8.12. The van der Waals surface area contributed by atoms with Gasteiger partial charge in [-0.25, -0.2) is 13.2 Å². The molecule has 8 heteroatoms. The van der Waals surface area contributed by atoms with Crippen molar-refractivity contribution in [1.29, 1.82) is 0 Å². The van der Waals surface area contributed by atoms with E-state index in [1.54, 1.807) is 49.6 Å². The highest BCUT2D eigenvalue weighted by Gasteiger charge is 2.41. The second-order valence-corrected chi connectivity index (χ2v) is 9.84. The molecule has 156 valence electrons. The summed E-state index contributed by atoms with van der Waals surface area (Å²) in [6.45, 7) is 5.70. The van der Waals surface area contributed by atoms with E-state index in [9.17, 15) is 13.2 Å². The van der Waals surface area contributed by atoms with Crippen LogP contribution >= 0.6 is 0 Å². The van der Waals surface area contributed by atoms with Crippen LogP contribution in [-0.2, 0) is 21.3 Å². The number of ether oxygens (including phenoxy) is 2. The Labute approximate surface area is 171 Å². The number of carbonyl (C=O) groups is 1. The van der Waals surface area contributed by atoms with E-state index in [-0.39, 0.29) is 12.3 Å². The molecule has 1 aromatic heterocycles. The van der Waals surface area contributed by atoms with Gasteiger partial charge < -0.3 is 9.47 Å². The first-order chi connectivity index (χ1) is 13.7. The summed E-state index contributed by atoms with van der Waals surface area (Å²) in [5.41, 5.74) is 1.30. The smallest absolute Gasteiger partial charge is 0.337 e. The van der Waals surface area contributed by atoms with Crippen LogP contribution in [0, 0.1) is 0 Å².